The molecule has 8 heterocycles. The largest absolute Gasteiger partial charge is 0.496 e. The Morgan fingerprint density at radius 3 is 1.70 bits per heavy atom. The summed E-state index contributed by atoms with van der Waals surface area (Å²) in [7, 11) is 8.14. The number of piperidine rings is 2. The number of imide groups is 2. The molecule has 33 nitrogen and oxygen atoms in total. The van der Waals surface area contributed by atoms with E-state index in [1.54, 1.807) is 112 Å². The van der Waals surface area contributed by atoms with E-state index >= 15 is 0 Å². The molecule has 0 saturated carbocycles. The van der Waals surface area contributed by atoms with Gasteiger partial charge in [0.05, 0.1) is 78.4 Å². The molecular weight excluding hydrogens is 1640 g/mol. The number of aromatic nitrogens is 4. The number of aryl methyl sites for hydroxylation is 3. The van der Waals surface area contributed by atoms with Crippen LogP contribution in [-0.4, -0.2) is 173 Å². The van der Waals surface area contributed by atoms with Crippen LogP contribution in [0.2, 0.25) is 0 Å². The van der Waals surface area contributed by atoms with Crippen LogP contribution >= 0.6 is 0 Å². The number of nitrogens with zero attached hydrogens (tertiary/aromatic N) is 10. The van der Waals surface area contributed by atoms with Gasteiger partial charge >= 0.3 is 0 Å². The second-order valence-electron chi connectivity index (χ2n) is 31.2. The topological polar surface area (TPSA) is 420 Å². The van der Waals surface area contributed by atoms with Crippen molar-refractivity contribution in [2.45, 2.75) is 117 Å². The van der Waals surface area contributed by atoms with Crippen LogP contribution < -0.4 is 55.6 Å². The monoisotopic (exact) mass is 1730 g/mol. The number of hydrogen-bond acceptors (Lipinski definition) is 25. The summed E-state index contributed by atoms with van der Waals surface area (Å²) in [6.07, 6.45) is 10.7. The van der Waals surface area contributed by atoms with E-state index in [4.69, 9.17) is 23.7 Å². The maximum atomic E-state index is 13.2. The number of benzene rings is 7. The zero-order chi connectivity index (χ0) is 90.4. The van der Waals surface area contributed by atoms with Crippen molar-refractivity contribution in [3.8, 4) is 39.9 Å². The summed E-state index contributed by atoms with van der Waals surface area (Å²) in [5.41, 5.74) is 16.5. The smallest absolute Gasteiger partial charge is 0.269 e. The quantitative estimate of drug-likeness (QED) is 0.0114. The first-order chi connectivity index (χ1) is 61.9. The highest BCUT2D eigenvalue weighted by atomic mass is 16.5. The molecule has 2 fully saturated rings. The molecule has 9 amide bonds. The van der Waals surface area contributed by atoms with Crippen LogP contribution in [0.25, 0.3) is 33.3 Å². The Bertz CT molecular complexity index is 6180. The first-order valence-corrected chi connectivity index (χ1v) is 41.7. The number of rotatable bonds is 33. The lowest BCUT2D eigenvalue weighted by Gasteiger charge is -2.29. The molecule has 5 aliphatic heterocycles. The number of fused-ring (bicyclic) bond motifs is 4. The molecule has 15 rings (SSSR count). The fourth-order valence-electron chi connectivity index (χ4n) is 15.9. The highest BCUT2D eigenvalue weighted by molar-refractivity contribution is 6.10. The van der Waals surface area contributed by atoms with Crippen LogP contribution in [0.15, 0.2) is 185 Å². The minimum atomic E-state index is -0.747. The van der Waals surface area contributed by atoms with Gasteiger partial charge in [-0.3, -0.25) is 78.4 Å². The molecule has 2 unspecified atom stereocenters. The van der Waals surface area contributed by atoms with Gasteiger partial charge < -0.3 is 59.7 Å². The lowest BCUT2D eigenvalue weighted by molar-refractivity contribution is -0.138. The van der Waals surface area contributed by atoms with E-state index in [-0.39, 0.29) is 130 Å². The summed E-state index contributed by atoms with van der Waals surface area (Å²) in [6.45, 7) is 10.3. The van der Waals surface area contributed by atoms with Crippen molar-refractivity contribution in [1.29, 1.82) is 0 Å². The summed E-state index contributed by atoms with van der Waals surface area (Å²) in [6, 6.07) is 38.4. The molecular formula is C95H95N17O16. The van der Waals surface area contributed by atoms with Crippen LogP contribution in [0.1, 0.15) is 156 Å². The SMILES string of the molecule is C=C1c2[nH]ncc2C(c2cc(C)c(CCCC(=O)NCCCC(=O)COc3c(C)cc(N=Nc4cccc5c4CN(C4CCC(=O)NC4=O)C5=O)cc3OC)c(OC)c2)=CN1C.CNC(=O)c1cnc2ccc(-c3ccc(C(=O)NCCCC(=O)COc4c(C)cc(N=Nc5cccc6c5CN(C5CCC(=O)NC5=O)C6=O)cc4OC)nc3)cc2c1Nc1ccccc1. The number of ketones is 2. The van der Waals surface area contributed by atoms with Gasteiger partial charge in [0.15, 0.2) is 34.6 Å². The van der Waals surface area contributed by atoms with Crippen LogP contribution in [0.4, 0.5) is 34.1 Å². The van der Waals surface area contributed by atoms with Crippen molar-refractivity contribution in [3.63, 3.8) is 0 Å². The average molecular weight is 1730 g/mol. The number of para-hydroxylation sites is 1. The predicted octanol–water partition coefficient (Wildman–Crippen LogP) is 13.4. The predicted molar refractivity (Wildman–Crippen MR) is 475 cm³/mol. The number of ether oxygens (including phenoxy) is 5. The van der Waals surface area contributed by atoms with Crippen LogP contribution in [0.5, 0.6) is 28.7 Å². The molecule has 0 bridgehead atoms. The Morgan fingerprint density at radius 1 is 0.562 bits per heavy atom. The van der Waals surface area contributed by atoms with Crippen molar-refractivity contribution in [1.82, 2.24) is 61.4 Å². The number of amides is 9. The standard InChI is InChI=1S/C49H45N9O8.C46H50N8O8/c1-28-21-32(56-57-39-13-7-12-34-37(39)26-58(49(34)64)41-18-19-43(60)55-48(41)63)23-42(65-3)45(28)66-27-33(59)11-8-20-51-47(62)40-17-15-30(24-52-40)29-14-16-38-35(22-29)44(36(25-53-38)46(61)50-2)54-31-9-5-4-6-10-31;1-26-18-29(35-23-53(4)28(3)43-34(35)22-48-52-43)20-39(60-5)32(26)11-8-14-41(56)47-17-9-10-31(55)25-62-44-27(2)19-30(21-40(44)61-6)50-51-37-13-7-12-33-36(37)24-54(46(33)59)38-15-16-42(57)49-45(38)58/h4-7,9-10,12-17,21-25,41H,8,11,18-20,26-27H2,1-3H3,(H,50,61)(H,51,62)(H,53,54)(H,55,60,63);7,12-13,18-23,38H,3,8-11,14-17,24-25H2,1-2,4-6H3,(H,47,56)(H,48,52)(H,49,57,58). The minimum Gasteiger partial charge on any atom is -0.496 e. The summed E-state index contributed by atoms with van der Waals surface area (Å²) >= 11 is 0. The first-order valence-electron chi connectivity index (χ1n) is 41.7. The van der Waals surface area contributed by atoms with E-state index in [2.05, 4.69) is 92.1 Å². The normalized spacial score (nSPS) is 15.2. The number of hydrogen-bond donors (Lipinski definition) is 7. The lowest BCUT2D eigenvalue weighted by atomic mass is 9.91. The average Bonchev–Trinajstić information content (AvgIpc) is 1.51. The number of Topliss-reactive ketones (excluding diaryl/α,β-unsaturated/α-hetero) is 2. The highest BCUT2D eigenvalue weighted by Crippen LogP contribution is 2.43. The van der Waals surface area contributed by atoms with E-state index < -0.39 is 23.9 Å². The van der Waals surface area contributed by atoms with Gasteiger partial charge in [-0.15, -0.1) is 0 Å². The van der Waals surface area contributed by atoms with Gasteiger partial charge in [-0.25, -0.2) is 0 Å². The number of anilines is 2. The molecule has 0 radical (unpaired) electrons. The first kappa shape index (κ1) is 88.9. The Hall–Kier alpha value is -15.4. The third kappa shape index (κ3) is 20.2. The Balaban J connectivity index is 0.000000208. The maximum Gasteiger partial charge on any atom is 0.269 e. The van der Waals surface area contributed by atoms with E-state index in [1.165, 1.54) is 24.0 Å². The van der Waals surface area contributed by atoms with E-state index in [0.717, 1.165) is 67.2 Å². The number of pyridine rings is 2. The molecule has 656 valence electrons. The summed E-state index contributed by atoms with van der Waals surface area (Å²) < 4.78 is 28.8. The van der Waals surface area contributed by atoms with Crippen molar-refractivity contribution in [3.05, 3.63) is 237 Å². The molecule has 2 saturated heterocycles. The fraction of sp³-hybridized carbons (Fsp3) is 0.284. The second-order valence-corrected chi connectivity index (χ2v) is 31.2. The fourth-order valence-corrected chi connectivity index (χ4v) is 15.9. The molecule has 128 heavy (non-hydrogen) atoms. The van der Waals surface area contributed by atoms with Gasteiger partial charge in [-0.2, -0.15) is 25.6 Å². The Kier molecular flexibility index (Phi) is 27.8. The van der Waals surface area contributed by atoms with Crippen molar-refractivity contribution >= 4 is 121 Å². The zero-order valence-electron chi connectivity index (χ0n) is 71.9. The van der Waals surface area contributed by atoms with Gasteiger partial charge in [0.1, 0.15) is 36.7 Å². The molecule has 7 aromatic carbocycles. The summed E-state index contributed by atoms with van der Waals surface area (Å²) in [5, 5.41) is 42.1. The van der Waals surface area contributed by atoms with Gasteiger partial charge in [0.2, 0.25) is 29.5 Å². The molecule has 3 aromatic heterocycles. The number of carbonyl (C=O) groups excluding carboxylic acids is 11. The number of carbonyl (C=O) groups is 11. The maximum absolute atomic E-state index is 13.2. The number of methoxy groups -OCH3 is 3. The Morgan fingerprint density at radius 2 is 1.14 bits per heavy atom. The number of H-pyrrole nitrogens is 1. The highest BCUT2D eigenvalue weighted by Gasteiger charge is 2.42. The summed E-state index contributed by atoms with van der Waals surface area (Å²) in [5.74, 6) is -1.06. The molecule has 2 atom stereocenters. The van der Waals surface area contributed by atoms with Crippen molar-refractivity contribution in [2.24, 2.45) is 20.5 Å². The van der Waals surface area contributed by atoms with E-state index in [0.29, 0.717) is 135 Å². The third-order valence-electron chi connectivity index (χ3n) is 22.7. The van der Waals surface area contributed by atoms with E-state index in [9.17, 15) is 52.7 Å². The Labute approximate surface area is 736 Å². The van der Waals surface area contributed by atoms with Crippen molar-refractivity contribution < 1.29 is 76.4 Å². The number of aromatic amines is 1. The molecule has 0 aliphatic carbocycles. The molecule has 0 spiro atoms. The van der Waals surface area contributed by atoms with Crippen LogP contribution in [0.3, 0.4) is 0 Å². The van der Waals surface area contributed by atoms with Gasteiger partial charge in [-0.1, -0.05) is 55.1 Å². The molecule has 10 aromatic rings. The lowest BCUT2D eigenvalue weighted by Crippen LogP contribution is -2.52. The van der Waals surface area contributed by atoms with Gasteiger partial charge in [-0.05, 0) is 165 Å². The summed E-state index contributed by atoms with van der Waals surface area (Å²) in [4.78, 5) is 153. The molecule has 7 N–H and O–H groups in total. The van der Waals surface area contributed by atoms with Gasteiger partial charge in [0, 0.05) is 153 Å². The van der Waals surface area contributed by atoms with Crippen LogP contribution in [-0.2, 0) is 53.1 Å². The molecule has 33 heteroatoms. The second kappa shape index (κ2) is 40.0. The zero-order valence-corrected chi connectivity index (χ0v) is 71.9. The third-order valence-corrected chi connectivity index (χ3v) is 22.7. The van der Waals surface area contributed by atoms with E-state index in [1.807, 2.05) is 79.7 Å². The van der Waals surface area contributed by atoms with Gasteiger partial charge in [0.25, 0.3) is 23.6 Å². The molecule has 5 aliphatic rings. The number of nitrogens with one attached hydrogen (secondary N) is 7. The van der Waals surface area contributed by atoms with Crippen LogP contribution in [0, 0.1) is 20.8 Å². The number of azo groups is 2. The minimum absolute atomic E-state index is 0.0815. The van der Waals surface area contributed by atoms with Crippen molar-refractivity contribution in [2.75, 3.05) is 67.0 Å².